The summed E-state index contributed by atoms with van der Waals surface area (Å²) in [5, 5.41) is 19.4. The maximum Gasteiger partial charge on any atom is 0.334 e. The molecule has 0 saturated heterocycles. The summed E-state index contributed by atoms with van der Waals surface area (Å²) in [5.41, 5.74) is 0. The molecule has 0 bridgehead atoms. The van der Waals surface area contributed by atoms with Crippen molar-refractivity contribution in [3.8, 4) is 0 Å². The van der Waals surface area contributed by atoms with Gasteiger partial charge in [0, 0.05) is 12.2 Å². The third-order valence-corrected chi connectivity index (χ3v) is 1.92. The topological polar surface area (TPSA) is 86.6 Å². The standard InChI is InChI=1S/C7H13NO4S/c1-13-3-2-6(10)8-4-5(9)7(11)12/h5,9H,2-4H2,1H3,(H,8,10)(H,11,12)/t5-/m0/s1. The van der Waals surface area contributed by atoms with Crippen molar-refractivity contribution in [2.75, 3.05) is 18.6 Å². The van der Waals surface area contributed by atoms with Gasteiger partial charge in [-0.1, -0.05) is 0 Å². The molecule has 6 heteroatoms. The molecule has 0 radical (unpaired) electrons. The number of aliphatic hydroxyl groups excluding tert-OH is 1. The van der Waals surface area contributed by atoms with Crippen molar-refractivity contribution >= 4 is 23.6 Å². The van der Waals surface area contributed by atoms with Gasteiger partial charge in [0.05, 0.1) is 6.54 Å². The second-order valence-electron chi connectivity index (χ2n) is 2.40. The molecule has 0 aliphatic carbocycles. The summed E-state index contributed by atoms with van der Waals surface area (Å²) >= 11 is 1.53. The third kappa shape index (κ3) is 6.41. The van der Waals surface area contributed by atoms with Crippen molar-refractivity contribution < 1.29 is 19.8 Å². The number of hydrogen-bond donors (Lipinski definition) is 3. The molecule has 0 saturated carbocycles. The predicted octanol–water partition coefficient (Wildman–Crippen LogP) is -0.699. The molecule has 0 aromatic heterocycles. The van der Waals surface area contributed by atoms with Crippen LogP contribution in [0.4, 0.5) is 0 Å². The van der Waals surface area contributed by atoms with E-state index in [0.717, 1.165) is 0 Å². The molecule has 5 nitrogen and oxygen atoms in total. The van der Waals surface area contributed by atoms with Crippen LogP contribution in [0.15, 0.2) is 0 Å². The minimum absolute atomic E-state index is 0.234. The van der Waals surface area contributed by atoms with Crippen LogP contribution in [0.1, 0.15) is 6.42 Å². The van der Waals surface area contributed by atoms with Gasteiger partial charge >= 0.3 is 5.97 Å². The third-order valence-electron chi connectivity index (χ3n) is 1.31. The molecule has 0 heterocycles. The zero-order chi connectivity index (χ0) is 10.3. The second kappa shape index (κ2) is 6.73. The largest absolute Gasteiger partial charge is 0.479 e. The Morgan fingerprint density at radius 1 is 1.54 bits per heavy atom. The van der Waals surface area contributed by atoms with Crippen molar-refractivity contribution in [1.29, 1.82) is 0 Å². The van der Waals surface area contributed by atoms with Crippen LogP contribution in [-0.2, 0) is 9.59 Å². The first-order chi connectivity index (χ1) is 6.07. The molecule has 0 aromatic rings. The molecular formula is C7H13NO4S. The van der Waals surface area contributed by atoms with Crippen LogP contribution in [-0.4, -0.2) is 46.7 Å². The Kier molecular flexibility index (Phi) is 6.34. The lowest BCUT2D eigenvalue weighted by Gasteiger charge is -2.06. The summed E-state index contributed by atoms with van der Waals surface area (Å²) in [5.74, 6) is -0.880. The molecule has 13 heavy (non-hydrogen) atoms. The number of aliphatic carboxylic acids is 1. The fraction of sp³-hybridized carbons (Fsp3) is 0.714. The van der Waals surface area contributed by atoms with Gasteiger partial charge in [-0.15, -0.1) is 0 Å². The van der Waals surface area contributed by atoms with Crippen LogP contribution >= 0.6 is 11.8 Å². The molecule has 0 fully saturated rings. The number of carboxylic acid groups (broad SMARTS) is 1. The summed E-state index contributed by atoms with van der Waals surface area (Å²) in [6.07, 6.45) is 0.700. The molecular weight excluding hydrogens is 194 g/mol. The van der Waals surface area contributed by atoms with Gasteiger partial charge < -0.3 is 15.5 Å². The van der Waals surface area contributed by atoms with E-state index in [4.69, 9.17) is 10.2 Å². The highest BCUT2D eigenvalue weighted by atomic mass is 32.2. The molecule has 0 spiro atoms. The van der Waals surface area contributed by atoms with Crippen LogP contribution in [0.25, 0.3) is 0 Å². The first kappa shape index (κ1) is 12.2. The molecule has 0 aliphatic heterocycles. The number of thioether (sulfide) groups is 1. The summed E-state index contributed by atoms with van der Waals surface area (Å²) in [6.45, 7) is -0.234. The Hall–Kier alpha value is -0.750. The lowest BCUT2D eigenvalue weighted by Crippen LogP contribution is -2.36. The Morgan fingerprint density at radius 3 is 2.62 bits per heavy atom. The average molecular weight is 207 g/mol. The van der Waals surface area contributed by atoms with E-state index in [1.165, 1.54) is 11.8 Å². The van der Waals surface area contributed by atoms with Crippen molar-refractivity contribution in [1.82, 2.24) is 5.32 Å². The lowest BCUT2D eigenvalue weighted by atomic mass is 10.3. The number of rotatable bonds is 6. The normalized spacial score (nSPS) is 12.2. The summed E-state index contributed by atoms with van der Waals surface area (Å²) in [7, 11) is 0. The number of carbonyl (C=O) groups excluding carboxylic acids is 1. The fourth-order valence-electron chi connectivity index (χ4n) is 0.581. The Labute approximate surface area is 80.5 Å². The van der Waals surface area contributed by atoms with E-state index >= 15 is 0 Å². The number of amides is 1. The molecule has 0 rings (SSSR count). The molecule has 1 amide bonds. The van der Waals surface area contributed by atoms with Crippen molar-refractivity contribution in [2.24, 2.45) is 0 Å². The first-order valence-corrected chi connectivity index (χ1v) is 5.13. The van der Waals surface area contributed by atoms with Gasteiger partial charge in [-0.05, 0) is 6.26 Å². The van der Waals surface area contributed by atoms with E-state index in [0.29, 0.717) is 12.2 Å². The maximum absolute atomic E-state index is 10.9. The molecule has 0 aliphatic rings. The van der Waals surface area contributed by atoms with Gasteiger partial charge in [-0.2, -0.15) is 11.8 Å². The maximum atomic E-state index is 10.9. The van der Waals surface area contributed by atoms with Gasteiger partial charge in [0.1, 0.15) is 0 Å². The van der Waals surface area contributed by atoms with Gasteiger partial charge in [0.15, 0.2) is 6.10 Å². The number of aliphatic hydroxyl groups is 1. The molecule has 0 unspecified atom stereocenters. The summed E-state index contributed by atoms with van der Waals surface area (Å²) in [4.78, 5) is 21.0. The van der Waals surface area contributed by atoms with Crippen LogP contribution < -0.4 is 5.32 Å². The van der Waals surface area contributed by atoms with Crippen molar-refractivity contribution in [3.05, 3.63) is 0 Å². The number of hydrogen-bond acceptors (Lipinski definition) is 4. The van der Waals surface area contributed by atoms with Crippen LogP contribution in [0.3, 0.4) is 0 Å². The Bertz CT molecular complexity index is 185. The van der Waals surface area contributed by atoms with E-state index in [9.17, 15) is 9.59 Å². The first-order valence-electron chi connectivity index (χ1n) is 3.74. The minimum Gasteiger partial charge on any atom is -0.479 e. The highest BCUT2D eigenvalue weighted by Gasteiger charge is 2.13. The zero-order valence-corrected chi connectivity index (χ0v) is 8.13. The number of nitrogens with one attached hydrogen (secondary N) is 1. The van der Waals surface area contributed by atoms with Crippen LogP contribution in [0.2, 0.25) is 0 Å². The van der Waals surface area contributed by atoms with E-state index in [1.807, 2.05) is 6.26 Å². The van der Waals surface area contributed by atoms with E-state index in [2.05, 4.69) is 5.32 Å². The van der Waals surface area contributed by atoms with Gasteiger partial charge in [0.25, 0.3) is 0 Å². The highest BCUT2D eigenvalue weighted by Crippen LogP contribution is 1.94. The van der Waals surface area contributed by atoms with Crippen molar-refractivity contribution in [3.63, 3.8) is 0 Å². The van der Waals surface area contributed by atoms with Gasteiger partial charge in [-0.25, -0.2) is 4.79 Å². The lowest BCUT2D eigenvalue weighted by molar-refractivity contribution is -0.146. The monoisotopic (exact) mass is 207 g/mol. The Morgan fingerprint density at radius 2 is 2.15 bits per heavy atom. The van der Waals surface area contributed by atoms with Crippen LogP contribution in [0, 0.1) is 0 Å². The van der Waals surface area contributed by atoms with Crippen LogP contribution in [0.5, 0.6) is 0 Å². The molecule has 0 aromatic carbocycles. The van der Waals surface area contributed by atoms with E-state index in [-0.39, 0.29) is 12.5 Å². The smallest absolute Gasteiger partial charge is 0.334 e. The molecule has 1 atom stereocenters. The van der Waals surface area contributed by atoms with Gasteiger partial charge in [0.2, 0.25) is 5.91 Å². The minimum atomic E-state index is -1.52. The average Bonchev–Trinajstić information content (AvgIpc) is 2.10. The van der Waals surface area contributed by atoms with Crippen molar-refractivity contribution in [2.45, 2.75) is 12.5 Å². The summed E-state index contributed by atoms with van der Waals surface area (Å²) in [6, 6.07) is 0. The van der Waals surface area contributed by atoms with Gasteiger partial charge in [-0.3, -0.25) is 4.79 Å². The van der Waals surface area contributed by atoms with E-state index in [1.54, 1.807) is 0 Å². The number of carboxylic acids is 1. The van der Waals surface area contributed by atoms with E-state index < -0.39 is 12.1 Å². The molecule has 76 valence electrons. The predicted molar refractivity (Wildman–Crippen MR) is 49.7 cm³/mol. The Balaban J connectivity index is 3.52. The fourth-order valence-corrected chi connectivity index (χ4v) is 0.970. The zero-order valence-electron chi connectivity index (χ0n) is 7.32. The quantitative estimate of drug-likeness (QED) is 0.536. The second-order valence-corrected chi connectivity index (χ2v) is 3.39. The SMILES string of the molecule is CSCCC(=O)NC[C@H](O)C(=O)O. The highest BCUT2D eigenvalue weighted by molar-refractivity contribution is 7.98. The molecule has 3 N–H and O–H groups in total. The number of carbonyl (C=O) groups is 2. The summed E-state index contributed by atoms with van der Waals surface area (Å²) < 4.78 is 0.